The van der Waals surface area contributed by atoms with E-state index in [1.807, 2.05) is 0 Å². The lowest BCUT2D eigenvalue weighted by Crippen LogP contribution is -2.00. The van der Waals surface area contributed by atoms with Crippen LogP contribution >= 0.6 is 0 Å². The summed E-state index contributed by atoms with van der Waals surface area (Å²) in [5.74, 6) is -1.18. The predicted octanol–water partition coefficient (Wildman–Crippen LogP) is -0.0796. The molecule has 0 aromatic carbocycles. The minimum absolute atomic E-state index is 0.0764. The van der Waals surface area contributed by atoms with E-state index in [4.69, 9.17) is 5.11 Å². The normalized spacial score (nSPS) is 9.20. The zero-order chi connectivity index (χ0) is 7.56. The molecular weight excluding hydrogens is 136 g/mol. The van der Waals surface area contributed by atoms with Gasteiger partial charge in [0, 0.05) is 0 Å². The Balaban J connectivity index is 3.13. The van der Waals surface area contributed by atoms with Crippen LogP contribution in [0.3, 0.4) is 0 Å². The lowest BCUT2D eigenvalue weighted by molar-refractivity contribution is 0.0688. The summed E-state index contributed by atoms with van der Waals surface area (Å²) in [5.41, 5.74) is -0.248. The van der Waals surface area contributed by atoms with Crippen molar-refractivity contribution in [2.45, 2.75) is 0 Å². The second kappa shape index (κ2) is 2.30. The third-order valence-corrected chi connectivity index (χ3v) is 0.994. The first-order chi connectivity index (χ1) is 4.75. The minimum Gasteiger partial charge on any atom is -0.477 e. The molecule has 2 N–H and O–H groups in total. The number of nitrogens with zero attached hydrogens (tertiary/aromatic N) is 1. The fourth-order valence-corrected chi connectivity index (χ4v) is 0.566. The SMILES string of the molecule is O=Cc1nc[nH]c1C(=O)O. The number of aromatic amines is 1. The van der Waals surface area contributed by atoms with E-state index in [1.165, 1.54) is 0 Å². The van der Waals surface area contributed by atoms with Crippen LogP contribution in [0.1, 0.15) is 21.0 Å². The van der Waals surface area contributed by atoms with Crippen molar-refractivity contribution in [3.05, 3.63) is 17.7 Å². The summed E-state index contributed by atoms with van der Waals surface area (Å²) >= 11 is 0. The van der Waals surface area contributed by atoms with Gasteiger partial charge in [-0.1, -0.05) is 0 Å². The fraction of sp³-hybridized carbons (Fsp3) is 0. The third-order valence-electron chi connectivity index (χ3n) is 0.994. The van der Waals surface area contributed by atoms with Crippen molar-refractivity contribution in [2.24, 2.45) is 0 Å². The molecular formula is C5H4N2O3. The molecule has 5 heteroatoms. The zero-order valence-corrected chi connectivity index (χ0v) is 4.87. The maximum absolute atomic E-state index is 10.2. The first kappa shape index (κ1) is 6.47. The molecule has 0 atom stereocenters. The van der Waals surface area contributed by atoms with E-state index in [2.05, 4.69) is 9.97 Å². The monoisotopic (exact) mass is 140 g/mol. The number of hydrogen-bond acceptors (Lipinski definition) is 3. The molecule has 0 aliphatic rings. The van der Waals surface area contributed by atoms with Gasteiger partial charge in [0.2, 0.25) is 0 Å². The van der Waals surface area contributed by atoms with Crippen LogP contribution in [0.15, 0.2) is 6.33 Å². The smallest absolute Gasteiger partial charge is 0.354 e. The molecule has 0 bridgehead atoms. The van der Waals surface area contributed by atoms with Gasteiger partial charge in [-0.2, -0.15) is 0 Å². The lowest BCUT2D eigenvalue weighted by Gasteiger charge is -1.84. The van der Waals surface area contributed by atoms with Crippen LogP contribution < -0.4 is 0 Å². The van der Waals surface area contributed by atoms with Crippen LogP contribution in [0.25, 0.3) is 0 Å². The Morgan fingerprint density at radius 2 is 2.50 bits per heavy atom. The molecule has 0 saturated heterocycles. The molecule has 1 heterocycles. The van der Waals surface area contributed by atoms with E-state index in [-0.39, 0.29) is 11.4 Å². The van der Waals surface area contributed by atoms with E-state index in [9.17, 15) is 9.59 Å². The lowest BCUT2D eigenvalue weighted by atomic mass is 10.3. The average Bonchev–Trinajstić information content (AvgIpc) is 2.33. The van der Waals surface area contributed by atoms with E-state index >= 15 is 0 Å². The Bertz CT molecular complexity index is 266. The van der Waals surface area contributed by atoms with Crippen LogP contribution in [-0.2, 0) is 0 Å². The van der Waals surface area contributed by atoms with Gasteiger partial charge in [0.05, 0.1) is 6.33 Å². The number of nitrogens with one attached hydrogen (secondary N) is 1. The van der Waals surface area contributed by atoms with Crippen molar-refractivity contribution in [2.75, 3.05) is 0 Å². The Labute approximate surface area is 55.7 Å². The molecule has 0 saturated carbocycles. The minimum atomic E-state index is -1.18. The predicted molar refractivity (Wildman–Crippen MR) is 30.9 cm³/mol. The van der Waals surface area contributed by atoms with Crippen LogP contribution in [-0.4, -0.2) is 27.3 Å². The summed E-state index contributed by atoms with van der Waals surface area (Å²) in [6.07, 6.45) is 1.55. The van der Waals surface area contributed by atoms with Gasteiger partial charge in [-0.15, -0.1) is 0 Å². The zero-order valence-electron chi connectivity index (χ0n) is 4.87. The van der Waals surface area contributed by atoms with Gasteiger partial charge in [-0.3, -0.25) is 4.79 Å². The topological polar surface area (TPSA) is 83.0 Å². The molecule has 5 nitrogen and oxygen atoms in total. The van der Waals surface area contributed by atoms with E-state index in [0.717, 1.165) is 6.33 Å². The van der Waals surface area contributed by atoms with Gasteiger partial charge in [-0.25, -0.2) is 9.78 Å². The largest absolute Gasteiger partial charge is 0.477 e. The number of hydrogen-bond donors (Lipinski definition) is 2. The van der Waals surface area contributed by atoms with Crippen LogP contribution in [0.4, 0.5) is 0 Å². The quantitative estimate of drug-likeness (QED) is 0.563. The standard InChI is InChI=1S/C5H4N2O3/c8-1-3-4(5(9)10)7-2-6-3/h1-2H,(H,6,7)(H,9,10). The Hall–Kier alpha value is -1.65. The summed E-state index contributed by atoms with van der Waals surface area (Å²) in [6.45, 7) is 0. The number of aromatic nitrogens is 2. The summed E-state index contributed by atoms with van der Waals surface area (Å²) in [6, 6.07) is 0. The number of rotatable bonds is 2. The fourth-order valence-electron chi connectivity index (χ4n) is 0.566. The summed E-state index contributed by atoms with van der Waals surface area (Å²) in [5, 5.41) is 8.36. The first-order valence-electron chi connectivity index (χ1n) is 2.47. The highest BCUT2D eigenvalue weighted by atomic mass is 16.4. The highest BCUT2D eigenvalue weighted by Crippen LogP contribution is 1.97. The van der Waals surface area contributed by atoms with E-state index in [1.54, 1.807) is 0 Å². The van der Waals surface area contributed by atoms with Gasteiger partial charge in [-0.05, 0) is 0 Å². The van der Waals surface area contributed by atoms with Gasteiger partial charge in [0.1, 0.15) is 5.69 Å². The highest BCUT2D eigenvalue weighted by molar-refractivity contribution is 5.93. The Morgan fingerprint density at radius 3 is 2.90 bits per heavy atom. The number of aldehydes is 1. The number of carbonyl (C=O) groups is 2. The van der Waals surface area contributed by atoms with E-state index in [0.29, 0.717) is 6.29 Å². The van der Waals surface area contributed by atoms with Crippen molar-refractivity contribution < 1.29 is 14.7 Å². The molecule has 0 aliphatic carbocycles. The second-order valence-electron chi connectivity index (χ2n) is 1.59. The van der Waals surface area contributed by atoms with Crippen molar-refractivity contribution in [1.82, 2.24) is 9.97 Å². The maximum Gasteiger partial charge on any atom is 0.354 e. The molecule has 1 aromatic heterocycles. The number of H-pyrrole nitrogens is 1. The van der Waals surface area contributed by atoms with E-state index < -0.39 is 5.97 Å². The van der Waals surface area contributed by atoms with Crippen LogP contribution in [0.5, 0.6) is 0 Å². The molecule has 0 fully saturated rings. The Morgan fingerprint density at radius 1 is 1.80 bits per heavy atom. The molecule has 0 amide bonds. The summed E-state index contributed by atoms with van der Waals surface area (Å²) in [7, 11) is 0. The number of carboxylic acid groups (broad SMARTS) is 1. The average molecular weight is 140 g/mol. The molecule has 52 valence electrons. The number of imidazole rings is 1. The maximum atomic E-state index is 10.2. The van der Waals surface area contributed by atoms with Gasteiger partial charge in [0.25, 0.3) is 0 Å². The number of carbonyl (C=O) groups excluding carboxylic acids is 1. The van der Waals surface area contributed by atoms with Crippen LogP contribution in [0, 0.1) is 0 Å². The third kappa shape index (κ3) is 0.883. The molecule has 0 spiro atoms. The van der Waals surface area contributed by atoms with Crippen molar-refractivity contribution in [1.29, 1.82) is 0 Å². The van der Waals surface area contributed by atoms with Gasteiger partial charge < -0.3 is 10.1 Å². The molecule has 1 rings (SSSR count). The Kier molecular flexibility index (Phi) is 1.49. The molecule has 0 radical (unpaired) electrons. The molecule has 0 aliphatic heterocycles. The second-order valence-corrected chi connectivity index (χ2v) is 1.59. The summed E-state index contributed by atoms with van der Waals surface area (Å²) in [4.78, 5) is 26.0. The molecule has 0 unspecified atom stereocenters. The summed E-state index contributed by atoms with van der Waals surface area (Å²) < 4.78 is 0. The van der Waals surface area contributed by atoms with Crippen molar-refractivity contribution in [3.8, 4) is 0 Å². The highest BCUT2D eigenvalue weighted by Gasteiger charge is 2.10. The van der Waals surface area contributed by atoms with Gasteiger partial charge in [0.15, 0.2) is 12.0 Å². The number of carboxylic acids is 1. The van der Waals surface area contributed by atoms with Crippen molar-refractivity contribution >= 4 is 12.3 Å². The first-order valence-corrected chi connectivity index (χ1v) is 2.47. The molecule has 10 heavy (non-hydrogen) atoms. The van der Waals surface area contributed by atoms with Crippen molar-refractivity contribution in [3.63, 3.8) is 0 Å². The number of aromatic carboxylic acids is 1. The van der Waals surface area contributed by atoms with Gasteiger partial charge >= 0.3 is 5.97 Å². The van der Waals surface area contributed by atoms with Crippen LogP contribution in [0.2, 0.25) is 0 Å². The molecule has 1 aromatic rings.